The van der Waals surface area contributed by atoms with Crippen molar-refractivity contribution in [3.63, 3.8) is 0 Å². The topological polar surface area (TPSA) is 23.5 Å². The number of nitrogens with zero attached hydrogens (tertiary/aromatic N) is 1. The van der Waals surface area contributed by atoms with Crippen LogP contribution in [0.2, 0.25) is 0 Å². The molecule has 2 atom stereocenters. The van der Waals surface area contributed by atoms with Crippen LogP contribution in [0.1, 0.15) is 23.5 Å². The molecule has 0 amide bonds. The summed E-state index contributed by atoms with van der Waals surface area (Å²) in [6.45, 7) is 4.61. The number of rotatable bonds is 2. The maximum atomic E-state index is 9.50. The third kappa shape index (κ3) is 2.28. The highest BCUT2D eigenvalue weighted by Gasteiger charge is 2.28. The van der Waals surface area contributed by atoms with E-state index in [1.165, 1.54) is 11.1 Å². The van der Waals surface area contributed by atoms with Crippen molar-refractivity contribution < 1.29 is 5.11 Å². The van der Waals surface area contributed by atoms with Crippen molar-refractivity contribution in [2.75, 3.05) is 26.7 Å². The lowest BCUT2D eigenvalue weighted by Crippen LogP contribution is -2.38. The van der Waals surface area contributed by atoms with Crippen molar-refractivity contribution in [1.82, 2.24) is 4.90 Å². The van der Waals surface area contributed by atoms with Crippen molar-refractivity contribution in [3.05, 3.63) is 35.4 Å². The number of hydrogen-bond acceptors (Lipinski definition) is 2. The predicted octanol–water partition coefficient (Wildman–Crippen LogP) is 2.02. The summed E-state index contributed by atoms with van der Waals surface area (Å²) in [7, 11) is 2.14. The molecule has 1 N–H and O–H groups in total. The Labute approximate surface area is 97.9 Å². The van der Waals surface area contributed by atoms with E-state index in [2.05, 4.69) is 43.1 Å². The molecule has 0 spiro atoms. The van der Waals surface area contributed by atoms with Crippen LogP contribution in [0.3, 0.4) is 0 Å². The van der Waals surface area contributed by atoms with Crippen LogP contribution in [0.5, 0.6) is 0 Å². The number of likely N-dealkylation sites (tertiary alicyclic amines) is 1. The first-order valence-electron chi connectivity index (χ1n) is 6.07. The van der Waals surface area contributed by atoms with Crippen LogP contribution < -0.4 is 0 Å². The van der Waals surface area contributed by atoms with Gasteiger partial charge in [0, 0.05) is 19.1 Å². The molecule has 1 saturated heterocycles. The summed E-state index contributed by atoms with van der Waals surface area (Å²) < 4.78 is 0. The monoisotopic (exact) mass is 219 g/mol. The van der Waals surface area contributed by atoms with Crippen LogP contribution in [-0.2, 0) is 0 Å². The third-order valence-corrected chi connectivity index (χ3v) is 3.76. The molecule has 1 heterocycles. The molecule has 0 unspecified atom stereocenters. The van der Waals surface area contributed by atoms with Crippen LogP contribution in [0, 0.1) is 12.8 Å². The van der Waals surface area contributed by atoms with Crippen LogP contribution >= 0.6 is 0 Å². The second-order valence-corrected chi connectivity index (χ2v) is 4.96. The van der Waals surface area contributed by atoms with Gasteiger partial charge < -0.3 is 10.0 Å². The lowest BCUT2D eigenvalue weighted by molar-refractivity contribution is 0.118. The molecule has 0 radical (unpaired) electrons. The van der Waals surface area contributed by atoms with Gasteiger partial charge in [0.2, 0.25) is 0 Å². The molecule has 0 aromatic heterocycles. The van der Waals surface area contributed by atoms with E-state index in [1.54, 1.807) is 0 Å². The highest BCUT2D eigenvalue weighted by molar-refractivity contribution is 5.30. The van der Waals surface area contributed by atoms with Crippen molar-refractivity contribution in [2.24, 2.45) is 5.92 Å². The Morgan fingerprint density at radius 3 is 2.81 bits per heavy atom. The van der Waals surface area contributed by atoms with Gasteiger partial charge in [-0.1, -0.05) is 24.3 Å². The minimum atomic E-state index is 0.295. The average molecular weight is 219 g/mol. The smallest absolute Gasteiger partial charge is 0.0477 e. The quantitative estimate of drug-likeness (QED) is 0.822. The maximum absolute atomic E-state index is 9.50. The van der Waals surface area contributed by atoms with Crippen LogP contribution in [0.15, 0.2) is 24.3 Å². The maximum Gasteiger partial charge on any atom is 0.0477 e. The van der Waals surface area contributed by atoms with E-state index in [0.717, 1.165) is 19.5 Å². The standard InChI is InChI=1S/C14H21NO/c1-11-5-3-4-6-13(11)14-7-8-15(2)9-12(14)10-16/h3-6,12,14,16H,7-10H2,1-2H3/t12-,14+/m1/s1. The zero-order valence-corrected chi connectivity index (χ0v) is 10.2. The van der Waals surface area contributed by atoms with Gasteiger partial charge in [0.05, 0.1) is 0 Å². The lowest BCUT2D eigenvalue weighted by atomic mass is 9.79. The van der Waals surface area contributed by atoms with Crippen LogP contribution in [0.4, 0.5) is 0 Å². The van der Waals surface area contributed by atoms with E-state index in [4.69, 9.17) is 0 Å². The summed E-state index contributed by atoms with van der Waals surface area (Å²) in [4.78, 5) is 2.32. The first-order valence-corrected chi connectivity index (χ1v) is 6.07. The van der Waals surface area contributed by atoms with E-state index < -0.39 is 0 Å². The normalized spacial score (nSPS) is 26.9. The molecular weight excluding hydrogens is 198 g/mol. The van der Waals surface area contributed by atoms with Gasteiger partial charge in [0.15, 0.2) is 0 Å². The number of piperidine rings is 1. The Kier molecular flexibility index (Phi) is 3.62. The fourth-order valence-corrected chi connectivity index (χ4v) is 2.81. The second-order valence-electron chi connectivity index (χ2n) is 4.96. The first-order chi connectivity index (χ1) is 7.72. The molecule has 2 nitrogen and oxygen atoms in total. The fraction of sp³-hybridized carbons (Fsp3) is 0.571. The zero-order chi connectivity index (χ0) is 11.5. The Hall–Kier alpha value is -0.860. The molecule has 16 heavy (non-hydrogen) atoms. The average Bonchev–Trinajstić information content (AvgIpc) is 2.30. The Bertz CT molecular complexity index is 350. The highest BCUT2D eigenvalue weighted by atomic mass is 16.3. The molecule has 88 valence electrons. The summed E-state index contributed by atoms with van der Waals surface area (Å²) in [5.41, 5.74) is 2.78. The molecular formula is C14H21NO. The van der Waals surface area contributed by atoms with Gasteiger partial charge in [-0.25, -0.2) is 0 Å². The number of benzene rings is 1. The molecule has 1 aromatic rings. The minimum absolute atomic E-state index is 0.295. The van der Waals surface area contributed by atoms with Crippen molar-refractivity contribution in [1.29, 1.82) is 0 Å². The number of aliphatic hydroxyl groups excluding tert-OH is 1. The van der Waals surface area contributed by atoms with Crippen LogP contribution in [-0.4, -0.2) is 36.8 Å². The summed E-state index contributed by atoms with van der Waals surface area (Å²) in [5, 5.41) is 9.50. The Balaban J connectivity index is 2.22. The fourth-order valence-electron chi connectivity index (χ4n) is 2.81. The van der Waals surface area contributed by atoms with Crippen molar-refractivity contribution in [3.8, 4) is 0 Å². The lowest BCUT2D eigenvalue weighted by Gasteiger charge is -2.36. The van der Waals surface area contributed by atoms with Gasteiger partial charge in [-0.2, -0.15) is 0 Å². The van der Waals surface area contributed by atoms with Gasteiger partial charge >= 0.3 is 0 Å². The number of aliphatic hydroxyl groups is 1. The van der Waals surface area contributed by atoms with E-state index in [0.29, 0.717) is 18.4 Å². The van der Waals surface area contributed by atoms with Gasteiger partial charge in [-0.05, 0) is 44.0 Å². The SMILES string of the molecule is Cc1ccccc1[C@H]1CCN(C)C[C@@H]1CO. The molecule has 1 aliphatic heterocycles. The molecule has 1 fully saturated rings. The molecule has 2 rings (SSSR count). The number of aryl methyl sites for hydroxylation is 1. The first kappa shape index (κ1) is 11.6. The van der Waals surface area contributed by atoms with E-state index >= 15 is 0 Å². The molecule has 1 aliphatic rings. The summed E-state index contributed by atoms with van der Waals surface area (Å²) in [6.07, 6.45) is 1.16. The van der Waals surface area contributed by atoms with Gasteiger partial charge in [0.25, 0.3) is 0 Å². The second kappa shape index (κ2) is 4.98. The minimum Gasteiger partial charge on any atom is -0.396 e. The summed E-state index contributed by atoms with van der Waals surface area (Å²) in [6, 6.07) is 8.58. The highest BCUT2D eigenvalue weighted by Crippen LogP contribution is 2.33. The van der Waals surface area contributed by atoms with Gasteiger partial charge in [0.1, 0.15) is 0 Å². The van der Waals surface area contributed by atoms with Crippen LogP contribution in [0.25, 0.3) is 0 Å². The van der Waals surface area contributed by atoms with Crippen molar-refractivity contribution >= 4 is 0 Å². The Morgan fingerprint density at radius 1 is 1.38 bits per heavy atom. The largest absolute Gasteiger partial charge is 0.396 e. The van der Waals surface area contributed by atoms with E-state index in [9.17, 15) is 5.11 Å². The molecule has 0 saturated carbocycles. The van der Waals surface area contributed by atoms with Crippen molar-refractivity contribution in [2.45, 2.75) is 19.3 Å². The van der Waals surface area contributed by atoms with Gasteiger partial charge in [-0.15, -0.1) is 0 Å². The summed E-state index contributed by atoms with van der Waals surface area (Å²) in [5.74, 6) is 0.919. The molecule has 1 aromatic carbocycles. The zero-order valence-electron chi connectivity index (χ0n) is 10.2. The predicted molar refractivity (Wildman–Crippen MR) is 66.6 cm³/mol. The molecule has 0 aliphatic carbocycles. The molecule has 2 heteroatoms. The Morgan fingerprint density at radius 2 is 2.12 bits per heavy atom. The molecule has 0 bridgehead atoms. The number of hydrogen-bond donors (Lipinski definition) is 1. The van der Waals surface area contributed by atoms with E-state index in [1.807, 2.05) is 0 Å². The van der Waals surface area contributed by atoms with Gasteiger partial charge in [-0.3, -0.25) is 0 Å². The van der Waals surface area contributed by atoms with E-state index in [-0.39, 0.29) is 0 Å². The summed E-state index contributed by atoms with van der Waals surface area (Å²) >= 11 is 0. The third-order valence-electron chi connectivity index (χ3n) is 3.76.